The maximum Gasteiger partial charge on any atom is 0.263 e. The number of nitrogens with zero attached hydrogens (tertiary/aromatic N) is 3. The van der Waals surface area contributed by atoms with Crippen molar-refractivity contribution in [2.75, 3.05) is 6.54 Å². The first kappa shape index (κ1) is 23.0. The Kier molecular flexibility index (Phi) is 5.57. The van der Waals surface area contributed by atoms with Gasteiger partial charge in [0.1, 0.15) is 21.9 Å². The first-order chi connectivity index (χ1) is 16.8. The number of hydrogen-bond acceptors (Lipinski definition) is 7. The van der Waals surface area contributed by atoms with Gasteiger partial charge in [-0.05, 0) is 49.1 Å². The van der Waals surface area contributed by atoms with Crippen LogP contribution in [0.2, 0.25) is 0 Å². The standard InChI is InChI=1S/C24H23N5O5S/c1-29-20-17(6-10-26-22(20)34-19-7-11-28-35(32,33)24(19)8-9-24)12-18(23(29)31)21(30)27-14-16-4-2-15(13-25)3-5-16/h2-6,10,12,19,28H,7-9,11,14H2,1H3,(H,27,30)/t19-/m0/s1. The molecule has 0 unspecified atom stereocenters. The third-order valence-electron chi connectivity index (χ3n) is 6.69. The van der Waals surface area contributed by atoms with Gasteiger partial charge in [0.25, 0.3) is 11.5 Å². The minimum absolute atomic E-state index is 0.0334. The van der Waals surface area contributed by atoms with Crippen molar-refractivity contribution in [1.29, 1.82) is 5.26 Å². The van der Waals surface area contributed by atoms with E-state index in [1.165, 1.54) is 23.9 Å². The molecule has 2 N–H and O–H groups in total. The number of hydrogen-bond donors (Lipinski definition) is 2. The van der Waals surface area contributed by atoms with Crippen molar-refractivity contribution in [3.8, 4) is 11.9 Å². The number of fused-ring (bicyclic) bond motifs is 1. The molecule has 1 aliphatic heterocycles. The number of nitriles is 1. The number of carbonyl (C=O) groups is 1. The fraction of sp³-hybridized carbons (Fsp3) is 0.333. The number of nitrogens with one attached hydrogen (secondary N) is 2. The zero-order valence-electron chi connectivity index (χ0n) is 18.9. The van der Waals surface area contributed by atoms with E-state index in [4.69, 9.17) is 10.00 Å². The summed E-state index contributed by atoms with van der Waals surface area (Å²) in [5.41, 5.74) is 1.15. The summed E-state index contributed by atoms with van der Waals surface area (Å²) in [6.45, 7) is 0.477. The number of aromatic nitrogens is 2. The van der Waals surface area contributed by atoms with Gasteiger partial charge in [0.05, 0.1) is 11.6 Å². The number of benzene rings is 1. The molecule has 1 atom stereocenters. The molecule has 0 bridgehead atoms. The molecule has 5 rings (SSSR count). The maximum absolute atomic E-state index is 13.1. The van der Waals surface area contributed by atoms with E-state index < -0.39 is 32.3 Å². The fourth-order valence-electron chi connectivity index (χ4n) is 4.54. The second kappa shape index (κ2) is 8.48. The maximum atomic E-state index is 13.1. The Hall–Kier alpha value is -3.75. The molecular weight excluding hydrogens is 470 g/mol. The molecule has 2 fully saturated rings. The van der Waals surface area contributed by atoms with Crippen molar-refractivity contribution in [1.82, 2.24) is 19.6 Å². The number of rotatable bonds is 5. The van der Waals surface area contributed by atoms with Gasteiger partial charge in [-0.3, -0.25) is 9.59 Å². The molecule has 3 aromatic rings. The number of amides is 1. The van der Waals surface area contributed by atoms with E-state index >= 15 is 0 Å². The van der Waals surface area contributed by atoms with Crippen LogP contribution in [0.1, 0.15) is 40.7 Å². The Bertz CT molecular complexity index is 1540. The molecule has 2 aromatic heterocycles. The molecule has 1 aliphatic carbocycles. The van der Waals surface area contributed by atoms with Crippen molar-refractivity contribution in [2.24, 2.45) is 7.05 Å². The largest absolute Gasteiger partial charge is 0.471 e. The van der Waals surface area contributed by atoms with Crippen LogP contribution in [0.15, 0.2) is 47.4 Å². The molecule has 1 aromatic carbocycles. The lowest BCUT2D eigenvalue weighted by atomic mass is 10.1. The molecule has 1 saturated carbocycles. The molecular formula is C24H23N5O5S. The van der Waals surface area contributed by atoms with Crippen LogP contribution in [0.3, 0.4) is 0 Å². The van der Waals surface area contributed by atoms with Gasteiger partial charge in [-0.25, -0.2) is 18.1 Å². The minimum atomic E-state index is -3.48. The number of pyridine rings is 2. The van der Waals surface area contributed by atoms with Crippen molar-refractivity contribution >= 4 is 26.8 Å². The average molecular weight is 494 g/mol. The van der Waals surface area contributed by atoms with Crippen LogP contribution in [-0.4, -0.2) is 41.3 Å². The highest BCUT2D eigenvalue weighted by Crippen LogP contribution is 2.50. The van der Waals surface area contributed by atoms with Gasteiger partial charge in [0.15, 0.2) is 0 Å². The number of sulfonamides is 1. The molecule has 180 valence electrons. The third kappa shape index (κ3) is 3.94. The summed E-state index contributed by atoms with van der Waals surface area (Å²) < 4.78 is 34.2. The highest BCUT2D eigenvalue weighted by molar-refractivity contribution is 7.91. The average Bonchev–Trinajstić information content (AvgIpc) is 3.66. The smallest absolute Gasteiger partial charge is 0.263 e. The summed E-state index contributed by atoms with van der Waals surface area (Å²) in [5, 5.41) is 12.2. The lowest BCUT2D eigenvalue weighted by Gasteiger charge is -2.32. The Labute approximate surface area is 201 Å². The van der Waals surface area contributed by atoms with Gasteiger partial charge in [-0.15, -0.1) is 0 Å². The number of carbonyl (C=O) groups excluding carboxylic acids is 1. The van der Waals surface area contributed by atoms with Crippen LogP contribution < -0.4 is 20.3 Å². The van der Waals surface area contributed by atoms with Crippen LogP contribution in [-0.2, 0) is 23.6 Å². The molecule has 10 nitrogen and oxygen atoms in total. The number of aryl methyl sites for hydroxylation is 1. The Morgan fingerprint density at radius 1 is 1.31 bits per heavy atom. The van der Waals surface area contributed by atoms with E-state index in [-0.39, 0.29) is 24.5 Å². The van der Waals surface area contributed by atoms with Crippen LogP contribution in [0.5, 0.6) is 5.88 Å². The van der Waals surface area contributed by atoms with Crippen molar-refractivity contribution in [3.05, 3.63) is 69.6 Å². The molecule has 1 spiro atoms. The monoisotopic (exact) mass is 493 g/mol. The molecule has 1 saturated heterocycles. The van der Waals surface area contributed by atoms with Gasteiger partial charge >= 0.3 is 0 Å². The topological polar surface area (TPSA) is 143 Å². The summed E-state index contributed by atoms with van der Waals surface area (Å²) in [5.74, 6) is -0.363. The van der Waals surface area contributed by atoms with E-state index in [2.05, 4.69) is 15.0 Å². The highest BCUT2D eigenvalue weighted by Gasteiger charge is 2.63. The van der Waals surface area contributed by atoms with Crippen LogP contribution in [0, 0.1) is 11.3 Å². The Morgan fingerprint density at radius 2 is 2.06 bits per heavy atom. The summed E-state index contributed by atoms with van der Waals surface area (Å²) >= 11 is 0. The van der Waals surface area contributed by atoms with Gasteiger partial charge in [0, 0.05) is 31.7 Å². The Morgan fingerprint density at radius 3 is 2.74 bits per heavy atom. The highest BCUT2D eigenvalue weighted by atomic mass is 32.2. The normalized spacial score (nSPS) is 19.7. The molecule has 11 heteroatoms. The van der Waals surface area contributed by atoms with Gasteiger partial charge in [0.2, 0.25) is 15.9 Å². The SMILES string of the molecule is Cn1c(=O)c(C(=O)NCc2ccc(C#N)cc2)cc2ccnc(O[C@H]3CCNS(=O)(=O)C34CC4)c21. The fourth-order valence-corrected chi connectivity index (χ4v) is 6.37. The van der Waals surface area contributed by atoms with Crippen molar-refractivity contribution < 1.29 is 17.9 Å². The summed E-state index contributed by atoms with van der Waals surface area (Å²) in [6.07, 6.45) is 2.47. The van der Waals surface area contributed by atoms with Gasteiger partial charge < -0.3 is 14.6 Å². The second-order valence-electron chi connectivity index (χ2n) is 8.83. The summed E-state index contributed by atoms with van der Waals surface area (Å²) in [6, 6.07) is 12.0. The van der Waals surface area contributed by atoms with Gasteiger partial charge in [-0.1, -0.05) is 12.1 Å². The molecule has 2 aliphatic rings. The van der Waals surface area contributed by atoms with Gasteiger partial charge in [-0.2, -0.15) is 5.26 Å². The van der Waals surface area contributed by atoms with E-state index in [1.807, 2.05) is 6.07 Å². The van der Waals surface area contributed by atoms with Crippen molar-refractivity contribution in [3.63, 3.8) is 0 Å². The second-order valence-corrected chi connectivity index (χ2v) is 10.9. The quantitative estimate of drug-likeness (QED) is 0.546. The molecule has 0 radical (unpaired) electrons. The van der Waals surface area contributed by atoms with Crippen LogP contribution in [0.25, 0.3) is 10.9 Å². The zero-order valence-corrected chi connectivity index (χ0v) is 19.8. The minimum Gasteiger partial charge on any atom is -0.471 e. The first-order valence-corrected chi connectivity index (χ1v) is 12.7. The third-order valence-corrected chi connectivity index (χ3v) is 9.02. The molecule has 3 heterocycles. The van der Waals surface area contributed by atoms with E-state index in [0.29, 0.717) is 35.7 Å². The lowest BCUT2D eigenvalue weighted by molar-refractivity contribution is 0.0949. The zero-order chi connectivity index (χ0) is 24.8. The van der Waals surface area contributed by atoms with Crippen molar-refractivity contribution in [2.45, 2.75) is 36.7 Å². The van der Waals surface area contributed by atoms with E-state index in [1.54, 1.807) is 30.3 Å². The molecule has 35 heavy (non-hydrogen) atoms. The summed E-state index contributed by atoms with van der Waals surface area (Å²) in [4.78, 5) is 30.2. The van der Waals surface area contributed by atoms with E-state index in [0.717, 1.165) is 5.56 Å². The van der Waals surface area contributed by atoms with E-state index in [9.17, 15) is 18.0 Å². The first-order valence-electron chi connectivity index (χ1n) is 11.2. The predicted octanol–water partition coefficient (Wildman–Crippen LogP) is 1.34. The number of ether oxygens (including phenoxy) is 1. The summed E-state index contributed by atoms with van der Waals surface area (Å²) in [7, 11) is -1.95. The Balaban J connectivity index is 1.42. The van der Waals surface area contributed by atoms with Crippen LogP contribution >= 0.6 is 0 Å². The molecule has 1 amide bonds. The lowest BCUT2D eigenvalue weighted by Crippen LogP contribution is -2.52. The predicted molar refractivity (Wildman–Crippen MR) is 127 cm³/mol. The van der Waals surface area contributed by atoms with Crippen LogP contribution in [0.4, 0.5) is 0 Å².